The number of benzene rings is 2. The van der Waals surface area contributed by atoms with Crippen LogP contribution in [0.15, 0.2) is 54.6 Å². The van der Waals surface area contributed by atoms with Crippen molar-refractivity contribution in [2.75, 3.05) is 32.0 Å². The summed E-state index contributed by atoms with van der Waals surface area (Å²) in [6.45, 7) is 2.11. The molecule has 9 nitrogen and oxygen atoms in total. The molecular weight excluding hydrogens is 434 g/mol. The molecule has 2 aromatic carbocycles. The van der Waals surface area contributed by atoms with E-state index in [-0.39, 0.29) is 24.3 Å². The number of likely N-dealkylation sites (tertiary alicyclic amines) is 1. The van der Waals surface area contributed by atoms with Crippen molar-refractivity contribution in [3.63, 3.8) is 0 Å². The second kappa shape index (κ2) is 12.7. The minimum absolute atomic E-state index is 0.0462. The fraction of sp³-hybridized carbons (Fsp3) is 0.400. The van der Waals surface area contributed by atoms with Crippen molar-refractivity contribution in [3.05, 3.63) is 65.7 Å². The summed E-state index contributed by atoms with van der Waals surface area (Å²) in [5.74, 6) is -0.450. The van der Waals surface area contributed by atoms with Crippen molar-refractivity contribution in [1.82, 2.24) is 15.5 Å². The molecule has 0 saturated carbocycles. The van der Waals surface area contributed by atoms with E-state index in [9.17, 15) is 14.4 Å². The van der Waals surface area contributed by atoms with Crippen LogP contribution in [0.2, 0.25) is 0 Å². The van der Waals surface area contributed by atoms with E-state index in [1.165, 1.54) is 0 Å². The minimum Gasteiger partial charge on any atom is -0.445 e. The van der Waals surface area contributed by atoms with Gasteiger partial charge < -0.3 is 26.4 Å². The van der Waals surface area contributed by atoms with Crippen molar-refractivity contribution in [2.45, 2.75) is 32.0 Å². The molecule has 1 fully saturated rings. The third-order valence-corrected chi connectivity index (χ3v) is 5.95. The van der Waals surface area contributed by atoms with E-state index in [0.717, 1.165) is 11.1 Å². The van der Waals surface area contributed by atoms with Gasteiger partial charge in [0.25, 0.3) is 0 Å². The molecule has 1 atom stereocenters. The molecule has 0 unspecified atom stereocenters. The molecule has 0 radical (unpaired) electrons. The Labute approximate surface area is 200 Å². The van der Waals surface area contributed by atoms with Gasteiger partial charge in [0.15, 0.2) is 0 Å². The van der Waals surface area contributed by atoms with E-state index in [0.29, 0.717) is 44.7 Å². The zero-order valence-electron chi connectivity index (χ0n) is 19.5. The zero-order chi connectivity index (χ0) is 24.3. The Hall–Kier alpha value is -3.43. The monoisotopic (exact) mass is 467 g/mol. The normalized spacial score (nSPS) is 15.2. The van der Waals surface area contributed by atoms with E-state index in [1.807, 2.05) is 53.4 Å². The van der Waals surface area contributed by atoms with E-state index in [2.05, 4.69) is 16.0 Å². The lowest BCUT2D eigenvalue weighted by molar-refractivity contribution is -0.123. The number of ether oxygens (including phenoxy) is 1. The van der Waals surface area contributed by atoms with E-state index >= 15 is 0 Å². The Bertz CT molecular complexity index is 961. The second-order valence-corrected chi connectivity index (χ2v) is 8.36. The van der Waals surface area contributed by atoms with Gasteiger partial charge in [0.1, 0.15) is 12.6 Å². The van der Waals surface area contributed by atoms with Crippen LogP contribution >= 0.6 is 0 Å². The number of anilines is 1. The summed E-state index contributed by atoms with van der Waals surface area (Å²) >= 11 is 0. The second-order valence-electron chi connectivity index (χ2n) is 8.36. The lowest BCUT2D eigenvalue weighted by atomic mass is 9.88. The van der Waals surface area contributed by atoms with Gasteiger partial charge in [0.2, 0.25) is 11.8 Å². The maximum atomic E-state index is 13.2. The molecule has 9 heteroatoms. The highest BCUT2D eigenvalue weighted by molar-refractivity contribution is 5.96. The van der Waals surface area contributed by atoms with Gasteiger partial charge in [0.05, 0.1) is 6.54 Å². The number of carbonyl (C=O) groups is 3. The first-order valence-corrected chi connectivity index (χ1v) is 11.5. The molecule has 34 heavy (non-hydrogen) atoms. The summed E-state index contributed by atoms with van der Waals surface area (Å²) in [4.78, 5) is 39.6. The molecule has 3 rings (SSSR count). The standard InChI is InChI=1S/C25H33N5O4/c1-27-22(31)16-30-12-10-20(11-13-30)23(24(32)28-21-9-5-8-19(14-21)15-26)29-25(33)34-17-18-6-3-2-4-7-18/h2-9,14,20,23H,10-13,15-17,26H2,1H3,(H,27,31)(H,28,32)(H,29,33)/t23-/m1/s1. The molecule has 1 aliphatic heterocycles. The molecule has 3 amide bonds. The maximum Gasteiger partial charge on any atom is 0.408 e. The first kappa shape index (κ1) is 25.2. The lowest BCUT2D eigenvalue weighted by Gasteiger charge is -2.35. The Morgan fingerprint density at radius 1 is 1.06 bits per heavy atom. The largest absolute Gasteiger partial charge is 0.445 e. The van der Waals surface area contributed by atoms with Gasteiger partial charge in [-0.3, -0.25) is 14.5 Å². The quantitative estimate of drug-likeness (QED) is 0.446. The number of likely N-dealkylation sites (N-methyl/N-ethyl adjacent to an activating group) is 1. The smallest absolute Gasteiger partial charge is 0.408 e. The van der Waals surface area contributed by atoms with E-state index in [4.69, 9.17) is 10.5 Å². The number of piperidine rings is 1. The number of nitrogens with two attached hydrogens (primary N) is 1. The molecule has 0 bridgehead atoms. The Morgan fingerprint density at radius 2 is 1.76 bits per heavy atom. The van der Waals surface area contributed by atoms with Gasteiger partial charge in [-0.2, -0.15) is 0 Å². The molecular formula is C25H33N5O4. The molecule has 1 saturated heterocycles. The van der Waals surface area contributed by atoms with Gasteiger partial charge in [-0.1, -0.05) is 42.5 Å². The van der Waals surface area contributed by atoms with Crippen LogP contribution in [0.4, 0.5) is 10.5 Å². The van der Waals surface area contributed by atoms with Crippen molar-refractivity contribution in [1.29, 1.82) is 0 Å². The van der Waals surface area contributed by atoms with Gasteiger partial charge in [-0.15, -0.1) is 0 Å². The number of nitrogens with one attached hydrogen (secondary N) is 3. The highest BCUT2D eigenvalue weighted by Gasteiger charge is 2.33. The SMILES string of the molecule is CNC(=O)CN1CCC([C@@H](NC(=O)OCc2ccccc2)C(=O)Nc2cccc(CN)c2)CC1. The van der Waals surface area contributed by atoms with Crippen molar-refractivity contribution < 1.29 is 19.1 Å². The average molecular weight is 468 g/mol. The number of alkyl carbamates (subject to hydrolysis) is 1. The Kier molecular flexibility index (Phi) is 9.42. The first-order chi connectivity index (χ1) is 16.5. The number of hydrogen-bond acceptors (Lipinski definition) is 6. The fourth-order valence-corrected chi connectivity index (χ4v) is 4.01. The summed E-state index contributed by atoms with van der Waals surface area (Å²) in [5, 5.41) is 8.31. The molecule has 182 valence electrons. The highest BCUT2D eigenvalue weighted by atomic mass is 16.5. The topological polar surface area (TPSA) is 126 Å². The predicted octanol–water partition coefficient (Wildman–Crippen LogP) is 1.84. The molecule has 1 aliphatic rings. The summed E-state index contributed by atoms with van der Waals surface area (Å²) in [5.41, 5.74) is 8.09. The van der Waals surface area contributed by atoms with Crippen LogP contribution in [0, 0.1) is 5.92 Å². The molecule has 1 heterocycles. The fourth-order valence-electron chi connectivity index (χ4n) is 4.01. The Balaban J connectivity index is 1.65. The summed E-state index contributed by atoms with van der Waals surface area (Å²) in [6, 6.07) is 15.9. The van der Waals surface area contributed by atoms with Crippen molar-refractivity contribution in [2.24, 2.45) is 11.7 Å². The van der Waals surface area contributed by atoms with Gasteiger partial charge in [-0.05, 0) is 55.1 Å². The number of amides is 3. The first-order valence-electron chi connectivity index (χ1n) is 11.5. The number of hydrogen-bond donors (Lipinski definition) is 4. The van der Waals surface area contributed by atoms with Crippen LogP contribution in [0.1, 0.15) is 24.0 Å². The highest BCUT2D eigenvalue weighted by Crippen LogP contribution is 2.22. The van der Waals surface area contributed by atoms with Gasteiger partial charge >= 0.3 is 6.09 Å². The molecule has 2 aromatic rings. The van der Waals surface area contributed by atoms with Crippen LogP contribution in [0.3, 0.4) is 0 Å². The van der Waals surface area contributed by atoms with Crippen LogP contribution in [-0.2, 0) is 27.5 Å². The number of carbonyl (C=O) groups excluding carboxylic acids is 3. The van der Waals surface area contributed by atoms with Crippen LogP contribution in [0.5, 0.6) is 0 Å². The summed E-state index contributed by atoms with van der Waals surface area (Å²) in [7, 11) is 1.61. The molecule has 0 spiro atoms. The molecule has 5 N–H and O–H groups in total. The van der Waals surface area contributed by atoms with Crippen LogP contribution < -0.4 is 21.7 Å². The van der Waals surface area contributed by atoms with Crippen molar-refractivity contribution >= 4 is 23.6 Å². The van der Waals surface area contributed by atoms with Crippen molar-refractivity contribution in [3.8, 4) is 0 Å². The van der Waals surface area contributed by atoms with Gasteiger partial charge in [-0.25, -0.2) is 4.79 Å². The maximum absolute atomic E-state index is 13.2. The zero-order valence-corrected chi connectivity index (χ0v) is 19.5. The number of nitrogens with zero attached hydrogens (tertiary/aromatic N) is 1. The van der Waals surface area contributed by atoms with Crippen LogP contribution in [0.25, 0.3) is 0 Å². The predicted molar refractivity (Wildman–Crippen MR) is 130 cm³/mol. The molecule has 0 aromatic heterocycles. The molecule has 0 aliphatic carbocycles. The van der Waals surface area contributed by atoms with Gasteiger partial charge in [0, 0.05) is 19.3 Å². The third-order valence-electron chi connectivity index (χ3n) is 5.95. The minimum atomic E-state index is -0.771. The van der Waals surface area contributed by atoms with E-state index in [1.54, 1.807) is 13.1 Å². The van der Waals surface area contributed by atoms with E-state index < -0.39 is 12.1 Å². The lowest BCUT2D eigenvalue weighted by Crippen LogP contribution is -2.52. The summed E-state index contributed by atoms with van der Waals surface area (Å²) < 4.78 is 5.36. The summed E-state index contributed by atoms with van der Waals surface area (Å²) in [6.07, 6.45) is 0.681. The average Bonchev–Trinajstić information content (AvgIpc) is 2.87. The number of rotatable bonds is 9. The Morgan fingerprint density at radius 3 is 2.44 bits per heavy atom. The third kappa shape index (κ3) is 7.57. The van der Waals surface area contributed by atoms with Crippen LogP contribution in [-0.4, -0.2) is 55.5 Å².